The Balaban J connectivity index is 2.60. The lowest BCUT2D eigenvalue weighted by Crippen LogP contribution is -2.38. The van der Waals surface area contributed by atoms with Crippen molar-refractivity contribution in [3.63, 3.8) is 0 Å². The summed E-state index contributed by atoms with van der Waals surface area (Å²) in [6.45, 7) is 3.99. The van der Waals surface area contributed by atoms with Crippen LogP contribution in [0.3, 0.4) is 0 Å². The van der Waals surface area contributed by atoms with Crippen molar-refractivity contribution in [1.29, 1.82) is 0 Å². The Morgan fingerprint density at radius 2 is 1.80 bits per heavy atom. The summed E-state index contributed by atoms with van der Waals surface area (Å²) < 4.78 is 9.84. The Bertz CT molecular complexity index is 520. The molecule has 0 radical (unpaired) electrons. The van der Waals surface area contributed by atoms with Crippen LogP contribution < -0.4 is 0 Å². The average molecular weight is 281 g/mol. The van der Waals surface area contributed by atoms with Gasteiger partial charge in [0.1, 0.15) is 6.61 Å². The maximum Gasteiger partial charge on any atom is 0.350 e. The lowest BCUT2D eigenvalue weighted by atomic mass is 10.1. The molecule has 0 fully saturated rings. The highest BCUT2D eigenvalue weighted by atomic mass is 16.6. The monoisotopic (exact) mass is 281 g/mol. The number of carbonyl (C=O) groups excluding carboxylic acids is 2. The minimum absolute atomic E-state index is 0.0414. The van der Waals surface area contributed by atoms with E-state index in [0.717, 1.165) is 0 Å². The number of nitro benzene ring substituents is 1. The number of nitrogens with zero attached hydrogens (tertiary/aromatic N) is 1. The predicted octanol–water partition coefficient (Wildman–Crippen LogP) is 1.98. The van der Waals surface area contributed by atoms with Crippen LogP contribution in [0.15, 0.2) is 24.3 Å². The van der Waals surface area contributed by atoms with Crippen LogP contribution in [0, 0.1) is 10.1 Å². The van der Waals surface area contributed by atoms with E-state index >= 15 is 0 Å². The number of carbonyl (C=O) groups is 2. The first-order chi connectivity index (χ1) is 9.22. The lowest BCUT2D eigenvalue weighted by molar-refractivity contribution is -0.384. The van der Waals surface area contributed by atoms with Gasteiger partial charge in [0, 0.05) is 19.1 Å². The summed E-state index contributed by atoms with van der Waals surface area (Å²) in [6, 6.07) is 5.62. The number of ether oxygens (including phenoxy) is 2. The van der Waals surface area contributed by atoms with E-state index in [9.17, 15) is 19.7 Å². The molecule has 0 spiro atoms. The maximum atomic E-state index is 11.7. The SMILES string of the molecule is CC(=O)OC(C)(C)C(=O)OCc1ccc([N+](=O)[O-])cc1. The van der Waals surface area contributed by atoms with Crippen LogP contribution in [-0.2, 0) is 25.7 Å². The molecule has 0 aliphatic rings. The molecule has 7 heteroatoms. The fourth-order valence-electron chi connectivity index (χ4n) is 1.44. The third-order valence-corrected chi connectivity index (χ3v) is 2.41. The summed E-state index contributed by atoms with van der Waals surface area (Å²) in [5, 5.41) is 10.5. The van der Waals surface area contributed by atoms with Gasteiger partial charge < -0.3 is 9.47 Å². The normalized spacial score (nSPS) is 10.8. The van der Waals surface area contributed by atoms with Crippen molar-refractivity contribution in [3.05, 3.63) is 39.9 Å². The smallest absolute Gasteiger partial charge is 0.350 e. The molecule has 0 saturated carbocycles. The van der Waals surface area contributed by atoms with E-state index in [0.29, 0.717) is 5.56 Å². The molecule has 1 aromatic rings. The zero-order valence-electron chi connectivity index (χ0n) is 11.4. The fourth-order valence-corrected chi connectivity index (χ4v) is 1.44. The van der Waals surface area contributed by atoms with Crippen LogP contribution in [0.4, 0.5) is 5.69 Å². The molecule has 0 aliphatic carbocycles. The first-order valence-corrected chi connectivity index (χ1v) is 5.82. The zero-order valence-corrected chi connectivity index (χ0v) is 11.4. The molecule has 0 saturated heterocycles. The molecule has 0 heterocycles. The number of hydrogen-bond acceptors (Lipinski definition) is 6. The molecule has 0 atom stereocenters. The molecule has 1 rings (SSSR count). The molecule has 1 aromatic carbocycles. The summed E-state index contributed by atoms with van der Waals surface area (Å²) in [5.41, 5.74) is -0.810. The van der Waals surface area contributed by atoms with Gasteiger partial charge in [0.15, 0.2) is 0 Å². The van der Waals surface area contributed by atoms with Crippen molar-refractivity contribution in [3.8, 4) is 0 Å². The molecule has 0 amide bonds. The van der Waals surface area contributed by atoms with E-state index < -0.39 is 22.5 Å². The summed E-state index contributed by atoms with van der Waals surface area (Å²) in [5.74, 6) is -1.27. The highest BCUT2D eigenvalue weighted by molar-refractivity contribution is 5.82. The van der Waals surface area contributed by atoms with Gasteiger partial charge in [-0.1, -0.05) is 0 Å². The molecule has 0 aliphatic heterocycles. The number of benzene rings is 1. The highest BCUT2D eigenvalue weighted by Crippen LogP contribution is 2.16. The van der Waals surface area contributed by atoms with Gasteiger partial charge >= 0.3 is 11.9 Å². The Kier molecular flexibility index (Phi) is 4.79. The van der Waals surface area contributed by atoms with Crippen molar-refractivity contribution in [2.75, 3.05) is 0 Å². The Hall–Kier alpha value is -2.44. The van der Waals surface area contributed by atoms with Crippen LogP contribution in [0.1, 0.15) is 26.3 Å². The summed E-state index contributed by atoms with van der Waals surface area (Å²) in [4.78, 5) is 32.6. The Labute approximate surface area is 115 Å². The van der Waals surface area contributed by atoms with Crippen LogP contribution >= 0.6 is 0 Å². The molecule has 0 unspecified atom stereocenters. The van der Waals surface area contributed by atoms with Gasteiger partial charge in [-0.2, -0.15) is 0 Å². The molecule has 0 bridgehead atoms. The van der Waals surface area contributed by atoms with Crippen LogP contribution in [0.5, 0.6) is 0 Å². The van der Waals surface area contributed by atoms with E-state index in [1.807, 2.05) is 0 Å². The molecule has 20 heavy (non-hydrogen) atoms. The quantitative estimate of drug-likeness (QED) is 0.465. The van der Waals surface area contributed by atoms with Crippen molar-refractivity contribution < 1.29 is 24.0 Å². The van der Waals surface area contributed by atoms with E-state index in [2.05, 4.69) is 0 Å². The number of rotatable bonds is 5. The molecular formula is C13H15NO6. The number of nitro groups is 1. The summed E-state index contributed by atoms with van der Waals surface area (Å²) in [6.07, 6.45) is 0. The fraction of sp³-hybridized carbons (Fsp3) is 0.385. The molecule has 0 N–H and O–H groups in total. The van der Waals surface area contributed by atoms with Crippen LogP contribution in [0.2, 0.25) is 0 Å². The van der Waals surface area contributed by atoms with Crippen molar-refractivity contribution >= 4 is 17.6 Å². The Morgan fingerprint density at radius 3 is 2.25 bits per heavy atom. The minimum Gasteiger partial charge on any atom is -0.458 e. The number of esters is 2. The van der Waals surface area contributed by atoms with E-state index in [4.69, 9.17) is 9.47 Å². The maximum absolute atomic E-state index is 11.7. The van der Waals surface area contributed by atoms with Crippen molar-refractivity contribution in [1.82, 2.24) is 0 Å². The Morgan fingerprint density at radius 1 is 1.25 bits per heavy atom. The molecular weight excluding hydrogens is 266 g/mol. The third-order valence-electron chi connectivity index (χ3n) is 2.41. The minimum atomic E-state index is -1.37. The molecule has 0 aromatic heterocycles. The molecule has 108 valence electrons. The average Bonchev–Trinajstić information content (AvgIpc) is 2.34. The second kappa shape index (κ2) is 6.14. The second-order valence-corrected chi connectivity index (χ2v) is 4.60. The van der Waals surface area contributed by atoms with E-state index in [-0.39, 0.29) is 12.3 Å². The van der Waals surface area contributed by atoms with Crippen LogP contribution in [0.25, 0.3) is 0 Å². The predicted molar refractivity (Wildman–Crippen MR) is 68.7 cm³/mol. The molecule has 7 nitrogen and oxygen atoms in total. The standard InChI is InChI=1S/C13H15NO6/c1-9(15)20-13(2,3)12(16)19-8-10-4-6-11(7-5-10)14(17)18/h4-7H,8H2,1-3H3. The first-order valence-electron chi connectivity index (χ1n) is 5.82. The highest BCUT2D eigenvalue weighted by Gasteiger charge is 2.32. The summed E-state index contributed by atoms with van der Waals surface area (Å²) >= 11 is 0. The van der Waals surface area contributed by atoms with Gasteiger partial charge in [-0.25, -0.2) is 4.79 Å². The van der Waals surface area contributed by atoms with Crippen LogP contribution in [-0.4, -0.2) is 22.5 Å². The van der Waals surface area contributed by atoms with Gasteiger partial charge in [0.2, 0.25) is 5.60 Å². The number of non-ortho nitro benzene ring substituents is 1. The van der Waals surface area contributed by atoms with Gasteiger partial charge in [0.25, 0.3) is 5.69 Å². The van der Waals surface area contributed by atoms with Crippen molar-refractivity contribution in [2.24, 2.45) is 0 Å². The third kappa shape index (κ3) is 4.34. The topological polar surface area (TPSA) is 95.7 Å². The first kappa shape index (κ1) is 15.6. The van der Waals surface area contributed by atoms with Gasteiger partial charge in [0.05, 0.1) is 4.92 Å². The second-order valence-electron chi connectivity index (χ2n) is 4.60. The zero-order chi connectivity index (χ0) is 15.3. The van der Waals surface area contributed by atoms with Gasteiger partial charge in [-0.05, 0) is 31.5 Å². The van der Waals surface area contributed by atoms with Gasteiger partial charge in [-0.3, -0.25) is 14.9 Å². The largest absolute Gasteiger partial charge is 0.458 e. The lowest BCUT2D eigenvalue weighted by Gasteiger charge is -2.22. The summed E-state index contributed by atoms with van der Waals surface area (Å²) in [7, 11) is 0. The van der Waals surface area contributed by atoms with Crippen molar-refractivity contribution in [2.45, 2.75) is 33.0 Å². The van der Waals surface area contributed by atoms with E-state index in [1.54, 1.807) is 0 Å². The van der Waals surface area contributed by atoms with E-state index in [1.165, 1.54) is 45.0 Å². The van der Waals surface area contributed by atoms with Gasteiger partial charge in [-0.15, -0.1) is 0 Å². The number of hydrogen-bond donors (Lipinski definition) is 0.